The number of nitrogens with two attached hydrogens (primary N) is 1. The summed E-state index contributed by atoms with van der Waals surface area (Å²) in [5.41, 5.74) is 10.5. The van der Waals surface area contributed by atoms with Crippen molar-refractivity contribution in [3.05, 3.63) is 83.3 Å². The number of hydrogen-bond donors (Lipinski definition) is 4. The Bertz CT molecular complexity index is 1230. The number of nitrogens with zero attached hydrogens (tertiary/aromatic N) is 1. The number of halogens is 1. The summed E-state index contributed by atoms with van der Waals surface area (Å²) < 4.78 is 13.2. The third-order valence-corrected chi connectivity index (χ3v) is 6.59. The fourth-order valence-corrected chi connectivity index (χ4v) is 4.53. The van der Waals surface area contributed by atoms with E-state index in [1.165, 1.54) is 17.7 Å². The summed E-state index contributed by atoms with van der Waals surface area (Å²) in [6, 6.07) is 17.2. The average molecular weight is 490 g/mol. The second kappa shape index (κ2) is 11.3. The van der Waals surface area contributed by atoms with Crippen LogP contribution in [0.5, 0.6) is 0 Å². The number of rotatable bonds is 8. The zero-order chi connectivity index (χ0) is 25.7. The quantitative estimate of drug-likeness (QED) is 0.389. The molecule has 36 heavy (non-hydrogen) atoms. The Balaban J connectivity index is 1.26. The number of pyridine rings is 1. The Hall–Kier alpha value is -3.78. The second-order valence-electron chi connectivity index (χ2n) is 9.40. The van der Waals surface area contributed by atoms with Gasteiger partial charge >= 0.3 is 0 Å². The van der Waals surface area contributed by atoms with Crippen LogP contribution >= 0.6 is 0 Å². The van der Waals surface area contributed by atoms with Gasteiger partial charge in [-0.3, -0.25) is 9.59 Å². The van der Waals surface area contributed by atoms with E-state index >= 15 is 0 Å². The molecule has 1 unspecified atom stereocenters. The molecule has 7 nitrogen and oxygen atoms in total. The highest BCUT2D eigenvalue weighted by atomic mass is 19.1. The zero-order valence-electron chi connectivity index (χ0n) is 20.6. The number of aryl methyl sites for hydroxylation is 1. The number of nitrogens with one attached hydrogen (secondary N) is 3. The molecule has 1 aliphatic rings. The van der Waals surface area contributed by atoms with Gasteiger partial charge in [0.15, 0.2) is 0 Å². The van der Waals surface area contributed by atoms with Gasteiger partial charge in [-0.05, 0) is 79.6 Å². The number of nitrogen functional groups attached to an aromatic ring is 1. The Morgan fingerprint density at radius 1 is 1.14 bits per heavy atom. The van der Waals surface area contributed by atoms with E-state index < -0.39 is 6.04 Å². The van der Waals surface area contributed by atoms with Gasteiger partial charge in [-0.15, -0.1) is 0 Å². The van der Waals surface area contributed by atoms with Crippen LogP contribution in [0.15, 0.2) is 60.7 Å². The lowest BCUT2D eigenvalue weighted by atomic mass is 9.94. The van der Waals surface area contributed by atoms with E-state index in [-0.39, 0.29) is 23.7 Å². The highest BCUT2D eigenvalue weighted by molar-refractivity contribution is 5.89. The first-order valence-electron chi connectivity index (χ1n) is 12.2. The molecule has 3 atom stereocenters. The highest BCUT2D eigenvalue weighted by Gasteiger charge is 2.31. The maximum Gasteiger partial charge on any atom is 0.242 e. The molecule has 188 valence electrons. The predicted molar refractivity (Wildman–Crippen MR) is 138 cm³/mol. The third kappa shape index (κ3) is 6.46. The molecule has 1 aliphatic heterocycles. The van der Waals surface area contributed by atoms with Crippen molar-refractivity contribution in [2.24, 2.45) is 5.92 Å². The summed E-state index contributed by atoms with van der Waals surface area (Å²) in [7, 11) is 0. The Labute approximate surface area is 210 Å². The third-order valence-electron chi connectivity index (χ3n) is 6.59. The van der Waals surface area contributed by atoms with Gasteiger partial charge in [-0.1, -0.05) is 42.5 Å². The number of carbonyl (C=O) groups is 2. The molecule has 3 aromatic rings. The molecule has 2 aromatic carbocycles. The number of hydrogen-bond acceptors (Lipinski definition) is 5. The standard InChI is InChI=1S/C28H32FN5O2/c1-17-23(8-11-26(30)33-17)16-32-27(35)18(2)34-28(36)25-14-20(15-31-25)12-19-4-3-5-22(13-19)21-6-9-24(29)10-7-21/h3-11,13,18,20,25,31H,12,14-16H2,1-2H3,(H2,30,33)(H,32,35)(H,34,36)/t18?,20-,25+/m0/s1. The van der Waals surface area contributed by atoms with Crippen LogP contribution in [0.4, 0.5) is 10.2 Å². The van der Waals surface area contributed by atoms with E-state index in [4.69, 9.17) is 5.73 Å². The summed E-state index contributed by atoms with van der Waals surface area (Å²) in [5.74, 6) is 0.0510. The summed E-state index contributed by atoms with van der Waals surface area (Å²) in [4.78, 5) is 29.5. The van der Waals surface area contributed by atoms with Crippen LogP contribution in [0, 0.1) is 18.7 Å². The van der Waals surface area contributed by atoms with Gasteiger partial charge in [0.05, 0.1) is 6.04 Å². The molecule has 0 spiro atoms. The molecule has 0 radical (unpaired) electrons. The molecule has 1 aromatic heterocycles. The molecule has 1 saturated heterocycles. The SMILES string of the molecule is Cc1nc(N)ccc1CNC(=O)C(C)NC(=O)[C@H]1C[C@H](Cc2cccc(-c3ccc(F)cc3)c2)CN1. The van der Waals surface area contributed by atoms with Gasteiger partial charge in [0.25, 0.3) is 0 Å². The van der Waals surface area contributed by atoms with Gasteiger partial charge in [-0.25, -0.2) is 9.37 Å². The lowest BCUT2D eigenvalue weighted by molar-refractivity contribution is -0.129. The number of carbonyl (C=O) groups excluding carboxylic acids is 2. The average Bonchev–Trinajstić information content (AvgIpc) is 3.32. The van der Waals surface area contributed by atoms with E-state index in [1.807, 2.05) is 25.1 Å². The highest BCUT2D eigenvalue weighted by Crippen LogP contribution is 2.24. The molecule has 0 bridgehead atoms. The molecular weight excluding hydrogens is 457 g/mol. The minimum Gasteiger partial charge on any atom is -0.384 e. The van der Waals surface area contributed by atoms with Crippen LogP contribution in [0.25, 0.3) is 11.1 Å². The first-order valence-corrected chi connectivity index (χ1v) is 12.2. The summed E-state index contributed by atoms with van der Waals surface area (Å²) in [5, 5.41) is 8.95. The number of amides is 2. The Kier molecular flexibility index (Phi) is 7.95. The van der Waals surface area contributed by atoms with Crippen LogP contribution in [0.2, 0.25) is 0 Å². The van der Waals surface area contributed by atoms with Gasteiger partial charge in [0.1, 0.15) is 17.7 Å². The number of aromatic nitrogens is 1. The van der Waals surface area contributed by atoms with Crippen LogP contribution in [0.3, 0.4) is 0 Å². The molecule has 1 fully saturated rings. The summed E-state index contributed by atoms with van der Waals surface area (Å²) in [6.45, 7) is 4.56. The number of anilines is 1. The van der Waals surface area contributed by atoms with E-state index in [0.717, 1.165) is 35.3 Å². The minimum atomic E-state index is -0.659. The maximum absolute atomic E-state index is 13.2. The normalized spacial score (nSPS) is 18.0. The van der Waals surface area contributed by atoms with E-state index in [1.54, 1.807) is 25.1 Å². The lowest BCUT2D eigenvalue weighted by Gasteiger charge is -2.17. The predicted octanol–water partition coefficient (Wildman–Crippen LogP) is 3.12. The molecule has 5 N–H and O–H groups in total. The Morgan fingerprint density at radius 2 is 1.92 bits per heavy atom. The Morgan fingerprint density at radius 3 is 2.67 bits per heavy atom. The summed E-state index contributed by atoms with van der Waals surface area (Å²) in [6.07, 6.45) is 1.52. The fraction of sp³-hybridized carbons (Fsp3) is 0.321. The van der Waals surface area contributed by atoms with Crippen LogP contribution < -0.4 is 21.7 Å². The fourth-order valence-electron chi connectivity index (χ4n) is 4.53. The molecule has 4 rings (SSSR count). The monoisotopic (exact) mass is 489 g/mol. The van der Waals surface area contributed by atoms with Crippen molar-refractivity contribution in [2.75, 3.05) is 12.3 Å². The summed E-state index contributed by atoms with van der Waals surface area (Å²) >= 11 is 0. The minimum absolute atomic E-state index is 0.175. The van der Waals surface area contributed by atoms with Crippen molar-refractivity contribution in [2.45, 2.75) is 45.3 Å². The van der Waals surface area contributed by atoms with Gasteiger partial charge in [0.2, 0.25) is 11.8 Å². The van der Waals surface area contributed by atoms with E-state index in [0.29, 0.717) is 24.7 Å². The van der Waals surface area contributed by atoms with Crippen LogP contribution in [-0.4, -0.2) is 35.4 Å². The number of benzene rings is 2. The van der Waals surface area contributed by atoms with Crippen molar-refractivity contribution in [3.63, 3.8) is 0 Å². The van der Waals surface area contributed by atoms with E-state index in [9.17, 15) is 14.0 Å². The lowest BCUT2D eigenvalue weighted by Crippen LogP contribution is -2.50. The molecular formula is C28H32FN5O2. The molecule has 0 aliphatic carbocycles. The van der Waals surface area contributed by atoms with Gasteiger partial charge in [0, 0.05) is 12.2 Å². The van der Waals surface area contributed by atoms with Crippen molar-refractivity contribution < 1.29 is 14.0 Å². The zero-order valence-corrected chi connectivity index (χ0v) is 20.6. The largest absolute Gasteiger partial charge is 0.384 e. The topological polar surface area (TPSA) is 109 Å². The molecule has 8 heteroatoms. The van der Waals surface area contributed by atoms with Crippen LogP contribution in [-0.2, 0) is 22.6 Å². The van der Waals surface area contributed by atoms with Crippen molar-refractivity contribution >= 4 is 17.6 Å². The van der Waals surface area contributed by atoms with E-state index in [2.05, 4.69) is 33.1 Å². The molecule has 2 amide bonds. The van der Waals surface area contributed by atoms with Gasteiger partial charge in [-0.2, -0.15) is 0 Å². The smallest absolute Gasteiger partial charge is 0.242 e. The molecule has 2 heterocycles. The van der Waals surface area contributed by atoms with Crippen molar-refractivity contribution in [1.82, 2.24) is 20.9 Å². The second-order valence-corrected chi connectivity index (χ2v) is 9.40. The van der Waals surface area contributed by atoms with Crippen LogP contribution in [0.1, 0.15) is 30.2 Å². The first kappa shape index (κ1) is 25.3. The van der Waals surface area contributed by atoms with Crippen molar-refractivity contribution in [3.8, 4) is 11.1 Å². The first-order chi connectivity index (χ1) is 17.3. The maximum atomic E-state index is 13.2. The molecule has 0 saturated carbocycles. The van der Waals surface area contributed by atoms with Crippen molar-refractivity contribution in [1.29, 1.82) is 0 Å². The van der Waals surface area contributed by atoms with Gasteiger partial charge < -0.3 is 21.7 Å².